The van der Waals surface area contributed by atoms with E-state index in [4.69, 9.17) is 5.73 Å². The lowest BCUT2D eigenvalue weighted by Gasteiger charge is -2.50. The molecule has 2 amide bonds. The van der Waals surface area contributed by atoms with Crippen LogP contribution >= 0.6 is 0 Å². The largest absolute Gasteiger partial charge is 0.573 e. The van der Waals surface area contributed by atoms with E-state index in [2.05, 4.69) is 15.4 Å². The molecule has 4 rings (SSSR count). The number of aromatic hydroxyl groups is 1. The predicted octanol–water partition coefficient (Wildman–Crippen LogP) is 0.801. The lowest BCUT2D eigenvalue weighted by Crippen LogP contribution is -2.66. The van der Waals surface area contributed by atoms with Gasteiger partial charge in [0.2, 0.25) is 11.7 Å². The summed E-state index contributed by atoms with van der Waals surface area (Å²) < 4.78 is 44.5. The number of likely N-dealkylation sites (N-methyl/N-ethyl adjacent to an activating group) is 2. The lowest BCUT2D eigenvalue weighted by atomic mass is 9.57. The number of aliphatic hydroxyl groups excluding tert-OH is 2. The van der Waals surface area contributed by atoms with Gasteiger partial charge in [-0.25, -0.2) is 0 Å². The SMILES string of the molecule is CCNCC(=O)Nc1cc(OC(F)(F)F)c2c(c1O)C(O)=C1C(=O)[C@]3(O)C(O)=C(C(N)=O)C(=O)[C@@H](N(C)CC)[C@@H]3C[C@@H]1C2. The van der Waals surface area contributed by atoms with Gasteiger partial charge in [-0.1, -0.05) is 13.8 Å². The molecule has 1 aromatic rings. The van der Waals surface area contributed by atoms with Crippen molar-refractivity contribution in [2.24, 2.45) is 17.6 Å². The molecule has 3 aliphatic carbocycles. The Hall–Kier alpha value is -4.15. The second-order valence-electron chi connectivity index (χ2n) is 10.6. The third-order valence-corrected chi connectivity index (χ3v) is 8.13. The van der Waals surface area contributed by atoms with Crippen molar-refractivity contribution in [3.63, 3.8) is 0 Å². The Labute approximate surface area is 242 Å². The van der Waals surface area contributed by atoms with Crippen LogP contribution in [0.2, 0.25) is 0 Å². The van der Waals surface area contributed by atoms with E-state index in [0.29, 0.717) is 6.54 Å². The molecule has 0 aromatic heterocycles. The molecule has 0 aliphatic heterocycles. The predicted molar refractivity (Wildman–Crippen MR) is 143 cm³/mol. The summed E-state index contributed by atoms with van der Waals surface area (Å²) in [6, 6.07) is -0.618. The van der Waals surface area contributed by atoms with Crippen LogP contribution in [0.25, 0.3) is 5.76 Å². The van der Waals surface area contributed by atoms with E-state index < -0.39 is 105 Å². The van der Waals surface area contributed by atoms with Gasteiger partial charge in [0, 0.05) is 23.1 Å². The Morgan fingerprint density at radius 2 is 1.86 bits per heavy atom. The summed E-state index contributed by atoms with van der Waals surface area (Å²) >= 11 is 0. The zero-order valence-corrected chi connectivity index (χ0v) is 23.3. The molecule has 13 nitrogen and oxygen atoms in total. The van der Waals surface area contributed by atoms with Crippen molar-refractivity contribution in [3.05, 3.63) is 34.1 Å². The number of nitrogens with one attached hydrogen (secondary N) is 2. The number of phenols is 1. The van der Waals surface area contributed by atoms with Crippen LogP contribution in [0.4, 0.5) is 18.9 Å². The number of nitrogens with two attached hydrogens (primary N) is 1. The number of ether oxygens (including phenoxy) is 1. The van der Waals surface area contributed by atoms with Crippen LogP contribution in [0.3, 0.4) is 0 Å². The van der Waals surface area contributed by atoms with Crippen molar-refractivity contribution in [2.45, 2.75) is 44.7 Å². The standard InChI is InChI=1S/C27H31F3N4O9/c1-4-32-9-15(35)33-13-8-14(43-27(28,29)30)11-6-10-7-12-19(34(3)5-2)22(38)18(25(31)41)24(40)26(12,42)23(39)16(10)21(37)17(11)20(13)36/h8,10,12,19,32,36-37,40,42H,4-7,9H2,1-3H3,(H2,31,41)(H,33,35)/t10-,12-,19-,26-/m0/s1. The number of fused-ring (bicyclic) bond motifs is 3. The second-order valence-corrected chi connectivity index (χ2v) is 10.6. The van der Waals surface area contributed by atoms with Gasteiger partial charge in [-0.2, -0.15) is 0 Å². The molecule has 43 heavy (non-hydrogen) atoms. The maximum atomic E-state index is 14.0. The van der Waals surface area contributed by atoms with Gasteiger partial charge < -0.3 is 41.5 Å². The number of hydrogen-bond acceptors (Lipinski definition) is 11. The lowest BCUT2D eigenvalue weighted by molar-refractivity contribution is -0.275. The molecule has 1 saturated carbocycles. The number of nitrogens with zero attached hydrogens (tertiary/aromatic N) is 1. The minimum absolute atomic E-state index is 0.186. The van der Waals surface area contributed by atoms with Gasteiger partial charge in [-0.05, 0) is 38.9 Å². The normalized spacial score (nSPS) is 25.3. The number of anilines is 1. The molecular formula is C27H31F3N4O9. The number of rotatable bonds is 8. The molecule has 0 spiro atoms. The Balaban J connectivity index is 1.95. The third kappa shape index (κ3) is 5.19. The van der Waals surface area contributed by atoms with E-state index in [-0.39, 0.29) is 25.1 Å². The van der Waals surface area contributed by atoms with Gasteiger partial charge in [-0.15, -0.1) is 13.2 Å². The van der Waals surface area contributed by atoms with Crippen molar-refractivity contribution in [1.29, 1.82) is 0 Å². The highest BCUT2D eigenvalue weighted by molar-refractivity contribution is 6.24. The number of amides is 2. The number of carbonyl (C=O) groups excluding carboxylic acids is 4. The highest BCUT2D eigenvalue weighted by Crippen LogP contribution is 2.55. The van der Waals surface area contributed by atoms with E-state index in [9.17, 15) is 52.8 Å². The third-order valence-electron chi connectivity index (χ3n) is 8.13. The van der Waals surface area contributed by atoms with E-state index in [0.717, 1.165) is 6.07 Å². The molecule has 8 N–H and O–H groups in total. The molecule has 1 aromatic carbocycles. The zero-order valence-electron chi connectivity index (χ0n) is 23.3. The minimum atomic E-state index is -5.23. The van der Waals surface area contributed by atoms with Crippen molar-refractivity contribution in [3.8, 4) is 11.5 Å². The van der Waals surface area contributed by atoms with Crippen LogP contribution in [-0.2, 0) is 25.6 Å². The smallest absolute Gasteiger partial charge is 0.508 e. The zero-order chi connectivity index (χ0) is 32.2. The molecule has 0 heterocycles. The number of aliphatic hydroxyl groups is 3. The van der Waals surface area contributed by atoms with E-state index in [1.54, 1.807) is 13.8 Å². The fraction of sp³-hybridized carbons (Fsp3) is 0.481. The second kappa shape index (κ2) is 11.2. The average molecular weight is 613 g/mol. The number of ketones is 2. The molecule has 0 bridgehead atoms. The fourth-order valence-electron chi connectivity index (χ4n) is 6.13. The molecule has 3 aliphatic rings. The van der Waals surface area contributed by atoms with Crippen LogP contribution < -0.4 is 21.1 Å². The summed E-state index contributed by atoms with van der Waals surface area (Å²) in [4.78, 5) is 53.1. The Morgan fingerprint density at radius 3 is 2.42 bits per heavy atom. The minimum Gasteiger partial charge on any atom is -0.508 e. The molecule has 0 saturated heterocycles. The maximum absolute atomic E-state index is 14.0. The monoisotopic (exact) mass is 612 g/mol. The van der Waals surface area contributed by atoms with Crippen molar-refractivity contribution < 1.29 is 57.5 Å². The number of Topliss-reactive ketones (excluding diaryl/α,β-unsaturated/α-hetero) is 2. The molecule has 0 radical (unpaired) electrons. The van der Waals surface area contributed by atoms with Crippen LogP contribution in [0.1, 0.15) is 31.4 Å². The van der Waals surface area contributed by atoms with Gasteiger partial charge in [0.25, 0.3) is 5.91 Å². The highest BCUT2D eigenvalue weighted by atomic mass is 19.4. The van der Waals surface area contributed by atoms with Gasteiger partial charge in [0.15, 0.2) is 17.1 Å². The van der Waals surface area contributed by atoms with E-state index >= 15 is 0 Å². The van der Waals surface area contributed by atoms with Gasteiger partial charge >= 0.3 is 6.36 Å². The van der Waals surface area contributed by atoms with Crippen LogP contribution in [0, 0.1) is 11.8 Å². The first-order valence-corrected chi connectivity index (χ1v) is 13.3. The van der Waals surface area contributed by atoms with Crippen LogP contribution in [0.5, 0.6) is 11.5 Å². The van der Waals surface area contributed by atoms with Crippen molar-refractivity contribution in [2.75, 3.05) is 32.0 Å². The highest BCUT2D eigenvalue weighted by Gasteiger charge is 2.64. The van der Waals surface area contributed by atoms with E-state index in [1.807, 2.05) is 0 Å². The number of alkyl halides is 3. The Bertz CT molecular complexity index is 1470. The Morgan fingerprint density at radius 1 is 1.21 bits per heavy atom. The van der Waals surface area contributed by atoms with Crippen molar-refractivity contribution >= 4 is 34.8 Å². The van der Waals surface area contributed by atoms with Gasteiger partial charge in [-0.3, -0.25) is 24.1 Å². The number of benzene rings is 1. The van der Waals surface area contributed by atoms with Crippen LogP contribution in [0.15, 0.2) is 23.0 Å². The quantitative estimate of drug-likeness (QED) is 0.161. The first kappa shape index (κ1) is 31.8. The first-order chi connectivity index (χ1) is 20.0. The summed E-state index contributed by atoms with van der Waals surface area (Å²) in [7, 11) is 1.46. The van der Waals surface area contributed by atoms with Crippen LogP contribution in [-0.4, -0.2) is 93.4 Å². The maximum Gasteiger partial charge on any atom is 0.573 e. The summed E-state index contributed by atoms with van der Waals surface area (Å²) in [6.45, 7) is 3.63. The average Bonchev–Trinajstić information content (AvgIpc) is 2.90. The summed E-state index contributed by atoms with van der Waals surface area (Å²) in [6.07, 6.45) is -6.00. The Kier molecular flexibility index (Phi) is 8.25. The van der Waals surface area contributed by atoms with Crippen molar-refractivity contribution in [1.82, 2.24) is 10.2 Å². The number of primary amides is 1. The summed E-state index contributed by atoms with van der Waals surface area (Å²) in [5, 5.41) is 49.9. The number of halogens is 3. The molecule has 0 unspecified atom stereocenters. The molecule has 234 valence electrons. The molecule has 1 fully saturated rings. The molecular weight excluding hydrogens is 581 g/mol. The van der Waals surface area contributed by atoms with Gasteiger partial charge in [0.1, 0.15) is 22.8 Å². The molecule has 16 heteroatoms. The topological polar surface area (TPSA) is 212 Å². The summed E-state index contributed by atoms with van der Waals surface area (Å²) in [5.41, 5.74) is -0.782. The van der Waals surface area contributed by atoms with E-state index in [1.165, 1.54) is 11.9 Å². The van der Waals surface area contributed by atoms with Gasteiger partial charge in [0.05, 0.1) is 23.8 Å². The number of phenolic OH excluding ortho intramolecular Hbond substituents is 1. The first-order valence-electron chi connectivity index (χ1n) is 13.3. The summed E-state index contributed by atoms with van der Waals surface area (Å²) in [5.74, 6) is -11.1. The number of hydrogen-bond donors (Lipinski definition) is 7. The molecule has 4 atom stereocenters. The number of carbonyl (C=O) groups is 4. The fourth-order valence-corrected chi connectivity index (χ4v) is 6.13.